The summed E-state index contributed by atoms with van der Waals surface area (Å²) in [6.45, 7) is -0.169. The van der Waals surface area contributed by atoms with Crippen molar-refractivity contribution in [2.24, 2.45) is 5.73 Å². The molecule has 1 heterocycles. The molecule has 3 aromatic carbocycles. The van der Waals surface area contributed by atoms with Crippen molar-refractivity contribution in [3.8, 4) is 5.75 Å². The topological polar surface area (TPSA) is 127 Å². The van der Waals surface area contributed by atoms with Gasteiger partial charge in [-0.25, -0.2) is 9.59 Å². The van der Waals surface area contributed by atoms with E-state index in [2.05, 4.69) is 0 Å². The second-order valence-corrected chi connectivity index (χ2v) is 6.50. The van der Waals surface area contributed by atoms with Crippen LogP contribution in [0.3, 0.4) is 0 Å². The van der Waals surface area contributed by atoms with E-state index in [1.807, 2.05) is 0 Å². The Morgan fingerprint density at radius 3 is 2.52 bits per heavy atom. The molecule has 0 saturated heterocycles. The van der Waals surface area contributed by atoms with Gasteiger partial charge in [0.25, 0.3) is 0 Å². The number of rotatable bonds is 4. The average molecular weight is 388 g/mol. The number of nitrogens with two attached hydrogens (primary N) is 1. The lowest BCUT2D eigenvalue weighted by Gasteiger charge is -2.07. The summed E-state index contributed by atoms with van der Waals surface area (Å²) in [5, 5.41) is 18.9. The van der Waals surface area contributed by atoms with Gasteiger partial charge in [-0.15, -0.1) is 0 Å². The minimum atomic E-state index is -0.838. The summed E-state index contributed by atoms with van der Waals surface area (Å²) < 4.78 is 10.5. The van der Waals surface area contributed by atoms with Crippen LogP contribution < -0.4 is 16.1 Å². The number of esters is 1. The SMILES string of the molecule is N=C(N)c1ccc2cc(OC(=O)c3cc4cc(CO)ccc4oc3=O)ccc2c1. The number of fused-ring (bicyclic) bond motifs is 2. The highest BCUT2D eigenvalue weighted by atomic mass is 16.5. The third-order valence-corrected chi connectivity index (χ3v) is 4.53. The fourth-order valence-electron chi connectivity index (χ4n) is 3.03. The first kappa shape index (κ1) is 18.4. The molecule has 0 aliphatic carbocycles. The Morgan fingerprint density at radius 2 is 1.76 bits per heavy atom. The number of ether oxygens (including phenoxy) is 1. The van der Waals surface area contributed by atoms with Crippen molar-refractivity contribution in [3.63, 3.8) is 0 Å². The van der Waals surface area contributed by atoms with Crippen molar-refractivity contribution in [2.45, 2.75) is 6.61 Å². The van der Waals surface area contributed by atoms with Gasteiger partial charge in [0.15, 0.2) is 0 Å². The van der Waals surface area contributed by atoms with Crippen LogP contribution in [0.2, 0.25) is 0 Å². The standard InChI is InChI=1S/C22H16N2O5/c23-20(24)15-3-2-14-9-17(5-4-13(14)8-15)28-21(26)18-10-16-7-12(11-25)1-6-19(16)29-22(18)27/h1-10,25H,11H2,(H3,23,24). The molecule has 0 bridgehead atoms. The molecule has 0 unspecified atom stereocenters. The Morgan fingerprint density at radius 1 is 1.00 bits per heavy atom. The Balaban J connectivity index is 1.66. The zero-order valence-corrected chi connectivity index (χ0v) is 15.1. The summed E-state index contributed by atoms with van der Waals surface area (Å²) in [4.78, 5) is 24.7. The van der Waals surface area contributed by atoms with Crippen LogP contribution in [-0.4, -0.2) is 16.9 Å². The summed E-state index contributed by atoms with van der Waals surface area (Å²) in [7, 11) is 0. The van der Waals surface area contributed by atoms with E-state index in [1.54, 1.807) is 54.6 Å². The number of nitrogen functional groups attached to an aromatic ring is 1. The van der Waals surface area contributed by atoms with E-state index in [0.717, 1.165) is 10.8 Å². The molecule has 7 nitrogen and oxygen atoms in total. The highest BCUT2D eigenvalue weighted by Crippen LogP contribution is 2.23. The third-order valence-electron chi connectivity index (χ3n) is 4.53. The number of hydrogen-bond donors (Lipinski definition) is 3. The van der Waals surface area contributed by atoms with Crippen molar-refractivity contribution < 1.29 is 19.1 Å². The van der Waals surface area contributed by atoms with Gasteiger partial charge in [-0.3, -0.25) is 5.41 Å². The zero-order chi connectivity index (χ0) is 20.5. The van der Waals surface area contributed by atoms with E-state index in [0.29, 0.717) is 22.1 Å². The quantitative estimate of drug-likeness (QED) is 0.162. The van der Waals surface area contributed by atoms with Crippen LogP contribution >= 0.6 is 0 Å². The van der Waals surface area contributed by atoms with Crippen LogP contribution in [0, 0.1) is 5.41 Å². The summed E-state index contributed by atoms with van der Waals surface area (Å²) in [6, 6.07) is 16.4. The zero-order valence-electron chi connectivity index (χ0n) is 15.1. The lowest BCUT2D eigenvalue weighted by atomic mass is 10.1. The molecule has 4 aromatic rings. The Kier molecular flexibility index (Phi) is 4.58. The second kappa shape index (κ2) is 7.21. The fourth-order valence-corrected chi connectivity index (χ4v) is 3.03. The van der Waals surface area contributed by atoms with E-state index in [4.69, 9.17) is 20.3 Å². The number of hydrogen-bond acceptors (Lipinski definition) is 6. The van der Waals surface area contributed by atoms with Crippen LogP contribution in [-0.2, 0) is 6.61 Å². The molecule has 4 N–H and O–H groups in total. The lowest BCUT2D eigenvalue weighted by molar-refractivity contribution is 0.0731. The Hall–Kier alpha value is -3.97. The number of aliphatic hydroxyl groups is 1. The van der Waals surface area contributed by atoms with Crippen molar-refractivity contribution in [3.05, 3.63) is 87.8 Å². The smallest absolute Gasteiger partial charge is 0.351 e. The van der Waals surface area contributed by atoms with Gasteiger partial charge >= 0.3 is 11.6 Å². The Labute approximate surface area is 164 Å². The summed E-state index contributed by atoms with van der Waals surface area (Å²) in [5.41, 5.74) is 6.00. The van der Waals surface area contributed by atoms with Gasteiger partial charge in [-0.05, 0) is 52.7 Å². The number of carbonyl (C=O) groups excluding carboxylic acids is 1. The predicted octanol–water partition coefficient (Wildman–Crippen LogP) is 2.94. The largest absolute Gasteiger partial charge is 0.423 e. The first-order valence-corrected chi connectivity index (χ1v) is 8.72. The Bertz CT molecular complexity index is 1340. The predicted molar refractivity (Wildman–Crippen MR) is 108 cm³/mol. The molecular weight excluding hydrogens is 372 g/mol. The third kappa shape index (κ3) is 3.59. The normalized spacial score (nSPS) is 10.9. The van der Waals surface area contributed by atoms with Gasteiger partial charge < -0.3 is 20.0 Å². The monoisotopic (exact) mass is 388 g/mol. The molecule has 1 aromatic heterocycles. The van der Waals surface area contributed by atoms with Crippen molar-refractivity contribution in [1.29, 1.82) is 5.41 Å². The molecule has 0 spiro atoms. The molecule has 29 heavy (non-hydrogen) atoms. The number of nitrogens with one attached hydrogen (secondary N) is 1. The van der Waals surface area contributed by atoms with Gasteiger partial charge in [0.2, 0.25) is 0 Å². The second-order valence-electron chi connectivity index (χ2n) is 6.50. The van der Waals surface area contributed by atoms with E-state index in [-0.39, 0.29) is 23.8 Å². The van der Waals surface area contributed by atoms with E-state index in [1.165, 1.54) is 6.07 Å². The molecule has 0 radical (unpaired) electrons. The van der Waals surface area contributed by atoms with Crippen molar-refractivity contribution in [2.75, 3.05) is 0 Å². The molecule has 0 aliphatic heterocycles. The minimum absolute atomic E-state index is 0.0326. The number of amidine groups is 1. The number of benzene rings is 3. The molecule has 0 saturated carbocycles. The van der Waals surface area contributed by atoms with Crippen LogP contribution in [0.1, 0.15) is 21.5 Å². The van der Waals surface area contributed by atoms with Crippen LogP contribution in [0.5, 0.6) is 5.75 Å². The summed E-state index contributed by atoms with van der Waals surface area (Å²) >= 11 is 0. The van der Waals surface area contributed by atoms with Crippen LogP contribution in [0.15, 0.2) is 69.9 Å². The van der Waals surface area contributed by atoms with Gasteiger partial charge in [0.1, 0.15) is 22.7 Å². The summed E-state index contributed by atoms with van der Waals surface area (Å²) in [6.07, 6.45) is 0. The van der Waals surface area contributed by atoms with Gasteiger partial charge in [0, 0.05) is 10.9 Å². The molecule has 0 aliphatic rings. The average Bonchev–Trinajstić information content (AvgIpc) is 2.72. The molecule has 144 valence electrons. The van der Waals surface area contributed by atoms with Gasteiger partial charge in [-0.1, -0.05) is 24.3 Å². The number of aliphatic hydroxyl groups excluding tert-OH is 1. The first-order valence-electron chi connectivity index (χ1n) is 8.72. The first-order chi connectivity index (χ1) is 13.9. The highest BCUT2D eigenvalue weighted by Gasteiger charge is 2.16. The number of carbonyl (C=O) groups is 1. The van der Waals surface area contributed by atoms with Crippen LogP contribution in [0.25, 0.3) is 21.7 Å². The maximum absolute atomic E-state index is 12.5. The molecular formula is C22H16N2O5. The maximum Gasteiger partial charge on any atom is 0.351 e. The minimum Gasteiger partial charge on any atom is -0.423 e. The fraction of sp³-hybridized carbons (Fsp3) is 0.0455. The highest BCUT2D eigenvalue weighted by molar-refractivity contribution is 5.99. The van der Waals surface area contributed by atoms with Crippen LogP contribution in [0.4, 0.5) is 0 Å². The molecule has 4 rings (SSSR count). The van der Waals surface area contributed by atoms with E-state index >= 15 is 0 Å². The van der Waals surface area contributed by atoms with Gasteiger partial charge in [0.05, 0.1) is 6.61 Å². The molecule has 0 fully saturated rings. The molecule has 7 heteroatoms. The van der Waals surface area contributed by atoms with E-state index in [9.17, 15) is 14.7 Å². The van der Waals surface area contributed by atoms with Crippen molar-refractivity contribution in [1.82, 2.24) is 0 Å². The molecule has 0 amide bonds. The van der Waals surface area contributed by atoms with Gasteiger partial charge in [-0.2, -0.15) is 0 Å². The maximum atomic E-state index is 12.5. The van der Waals surface area contributed by atoms with E-state index < -0.39 is 11.6 Å². The summed E-state index contributed by atoms with van der Waals surface area (Å²) in [5.74, 6) is -0.605. The molecule has 0 atom stereocenters. The van der Waals surface area contributed by atoms with Crippen molar-refractivity contribution >= 4 is 33.5 Å². The lowest BCUT2D eigenvalue weighted by Crippen LogP contribution is -2.18.